The van der Waals surface area contributed by atoms with Crippen LogP contribution in [0.2, 0.25) is 0 Å². The van der Waals surface area contributed by atoms with Gasteiger partial charge >= 0.3 is 5.97 Å². The number of carbonyl (C=O) groups excluding carboxylic acids is 2. The second-order valence-corrected chi connectivity index (χ2v) is 6.66. The standard InChI is InChI=1S/C24H25NO6/c1-6-31-19-10-8-7-9-16(19)13-18-22(24(27)30-5)15(2)25(23(18)26)17-11-12-20(28-3)21(14-17)29-4/h7-14H,6H2,1-5H3/b18-13-. The number of rotatable bonds is 7. The molecule has 162 valence electrons. The molecule has 0 unspecified atom stereocenters. The number of hydrogen-bond donors (Lipinski definition) is 0. The zero-order chi connectivity index (χ0) is 22.5. The molecule has 0 N–H and O–H groups in total. The van der Waals surface area contributed by atoms with E-state index in [1.807, 2.05) is 31.2 Å². The Morgan fingerprint density at radius 3 is 2.35 bits per heavy atom. The van der Waals surface area contributed by atoms with E-state index in [1.165, 1.54) is 26.2 Å². The Morgan fingerprint density at radius 2 is 1.71 bits per heavy atom. The summed E-state index contributed by atoms with van der Waals surface area (Å²) >= 11 is 0. The minimum absolute atomic E-state index is 0.202. The normalized spacial score (nSPS) is 14.8. The number of anilines is 1. The van der Waals surface area contributed by atoms with Crippen LogP contribution in [0.15, 0.2) is 59.3 Å². The summed E-state index contributed by atoms with van der Waals surface area (Å²) in [4.78, 5) is 27.5. The summed E-state index contributed by atoms with van der Waals surface area (Å²) in [5.74, 6) is 0.690. The van der Waals surface area contributed by atoms with E-state index in [4.69, 9.17) is 18.9 Å². The van der Waals surface area contributed by atoms with Gasteiger partial charge in [-0.1, -0.05) is 18.2 Å². The highest BCUT2D eigenvalue weighted by atomic mass is 16.5. The Labute approximate surface area is 181 Å². The van der Waals surface area contributed by atoms with E-state index in [9.17, 15) is 9.59 Å². The van der Waals surface area contributed by atoms with Crippen LogP contribution >= 0.6 is 0 Å². The van der Waals surface area contributed by atoms with Crippen LogP contribution in [0.25, 0.3) is 6.08 Å². The van der Waals surface area contributed by atoms with Crippen molar-refractivity contribution >= 4 is 23.6 Å². The zero-order valence-electron chi connectivity index (χ0n) is 18.2. The number of para-hydroxylation sites is 1. The van der Waals surface area contributed by atoms with Crippen LogP contribution in [0.5, 0.6) is 17.2 Å². The molecule has 0 radical (unpaired) electrons. The van der Waals surface area contributed by atoms with Gasteiger partial charge in [0.15, 0.2) is 11.5 Å². The van der Waals surface area contributed by atoms with Crippen LogP contribution in [-0.4, -0.2) is 39.8 Å². The van der Waals surface area contributed by atoms with E-state index in [1.54, 1.807) is 31.2 Å². The molecule has 1 amide bonds. The molecule has 2 aromatic rings. The quantitative estimate of drug-likeness (QED) is 0.495. The van der Waals surface area contributed by atoms with Crippen LogP contribution in [-0.2, 0) is 14.3 Å². The largest absolute Gasteiger partial charge is 0.493 e. The summed E-state index contributed by atoms with van der Waals surface area (Å²) in [7, 11) is 4.35. The van der Waals surface area contributed by atoms with Crippen molar-refractivity contribution in [2.75, 3.05) is 32.8 Å². The average Bonchev–Trinajstić information content (AvgIpc) is 3.03. The van der Waals surface area contributed by atoms with E-state index in [0.29, 0.717) is 40.8 Å². The number of ether oxygens (including phenoxy) is 4. The Hall–Kier alpha value is -3.74. The molecule has 0 atom stereocenters. The second kappa shape index (κ2) is 9.38. The van der Waals surface area contributed by atoms with Gasteiger partial charge in [0, 0.05) is 17.3 Å². The highest BCUT2D eigenvalue weighted by Gasteiger charge is 2.38. The van der Waals surface area contributed by atoms with Gasteiger partial charge in [0.1, 0.15) is 5.75 Å². The highest BCUT2D eigenvalue weighted by Crippen LogP contribution is 2.39. The van der Waals surface area contributed by atoms with E-state index < -0.39 is 5.97 Å². The summed E-state index contributed by atoms with van der Waals surface area (Å²) in [6, 6.07) is 12.5. The first kappa shape index (κ1) is 22.0. The van der Waals surface area contributed by atoms with Crippen molar-refractivity contribution in [3.63, 3.8) is 0 Å². The lowest BCUT2D eigenvalue weighted by Crippen LogP contribution is -2.24. The monoisotopic (exact) mass is 423 g/mol. The number of hydrogen-bond acceptors (Lipinski definition) is 6. The van der Waals surface area contributed by atoms with Gasteiger partial charge in [-0.05, 0) is 38.1 Å². The lowest BCUT2D eigenvalue weighted by Gasteiger charge is -2.19. The van der Waals surface area contributed by atoms with Gasteiger partial charge in [-0.3, -0.25) is 9.69 Å². The number of methoxy groups -OCH3 is 3. The summed E-state index contributed by atoms with van der Waals surface area (Å²) in [6.07, 6.45) is 1.66. The van der Waals surface area contributed by atoms with E-state index in [-0.39, 0.29) is 17.1 Å². The predicted molar refractivity (Wildman–Crippen MR) is 117 cm³/mol. The van der Waals surface area contributed by atoms with Gasteiger partial charge in [-0.15, -0.1) is 0 Å². The summed E-state index contributed by atoms with van der Waals surface area (Å²) in [5, 5.41) is 0. The number of nitrogens with zero attached hydrogens (tertiary/aromatic N) is 1. The first-order chi connectivity index (χ1) is 15.0. The molecule has 2 aromatic carbocycles. The van der Waals surface area contributed by atoms with Gasteiger partial charge < -0.3 is 18.9 Å². The van der Waals surface area contributed by atoms with Crippen molar-refractivity contribution in [2.24, 2.45) is 0 Å². The molecular formula is C24H25NO6. The molecule has 3 rings (SSSR count). The lowest BCUT2D eigenvalue weighted by molar-refractivity contribution is -0.136. The zero-order valence-corrected chi connectivity index (χ0v) is 18.2. The number of carbonyl (C=O) groups is 2. The fourth-order valence-corrected chi connectivity index (χ4v) is 3.50. The van der Waals surface area contributed by atoms with Gasteiger partial charge in [0.05, 0.1) is 44.8 Å². The fraction of sp³-hybridized carbons (Fsp3) is 0.250. The SMILES string of the molecule is CCOc1ccccc1/C=C1\C(=O)N(c2ccc(OC)c(OC)c2)C(C)=C1C(=O)OC. The van der Waals surface area contributed by atoms with Crippen LogP contribution in [0.4, 0.5) is 5.69 Å². The molecule has 0 spiro atoms. The number of esters is 1. The van der Waals surface area contributed by atoms with Crippen molar-refractivity contribution in [1.29, 1.82) is 0 Å². The molecule has 0 aliphatic carbocycles. The maximum Gasteiger partial charge on any atom is 0.340 e. The Balaban J connectivity index is 2.15. The molecule has 0 fully saturated rings. The topological polar surface area (TPSA) is 74.3 Å². The van der Waals surface area contributed by atoms with Crippen molar-refractivity contribution in [3.8, 4) is 17.2 Å². The third kappa shape index (κ3) is 4.12. The molecule has 7 nitrogen and oxygen atoms in total. The molecule has 0 saturated heterocycles. The van der Waals surface area contributed by atoms with Crippen molar-refractivity contribution in [2.45, 2.75) is 13.8 Å². The molecule has 7 heteroatoms. The minimum Gasteiger partial charge on any atom is -0.493 e. The van der Waals surface area contributed by atoms with Crippen molar-refractivity contribution in [1.82, 2.24) is 0 Å². The minimum atomic E-state index is -0.589. The molecule has 0 bridgehead atoms. The number of benzene rings is 2. The smallest absolute Gasteiger partial charge is 0.340 e. The van der Waals surface area contributed by atoms with Gasteiger partial charge in [-0.2, -0.15) is 0 Å². The van der Waals surface area contributed by atoms with E-state index >= 15 is 0 Å². The maximum atomic E-state index is 13.5. The van der Waals surface area contributed by atoms with E-state index in [0.717, 1.165) is 0 Å². The Kier molecular flexibility index (Phi) is 6.65. The van der Waals surface area contributed by atoms with Crippen LogP contribution < -0.4 is 19.1 Å². The molecule has 1 aliphatic rings. The molecule has 0 saturated carbocycles. The fourth-order valence-electron chi connectivity index (χ4n) is 3.50. The van der Waals surface area contributed by atoms with Gasteiger partial charge in [0.2, 0.25) is 0 Å². The maximum absolute atomic E-state index is 13.5. The van der Waals surface area contributed by atoms with Crippen molar-refractivity contribution < 1.29 is 28.5 Å². The molecular weight excluding hydrogens is 398 g/mol. The van der Waals surface area contributed by atoms with E-state index in [2.05, 4.69) is 0 Å². The summed E-state index contributed by atoms with van der Waals surface area (Å²) in [6.45, 7) is 4.06. The first-order valence-electron chi connectivity index (χ1n) is 9.76. The number of amides is 1. The third-order valence-corrected chi connectivity index (χ3v) is 4.93. The van der Waals surface area contributed by atoms with Crippen LogP contribution in [0.3, 0.4) is 0 Å². The molecule has 1 heterocycles. The van der Waals surface area contributed by atoms with Gasteiger partial charge in [-0.25, -0.2) is 4.79 Å². The van der Waals surface area contributed by atoms with Crippen molar-refractivity contribution in [3.05, 3.63) is 64.9 Å². The van der Waals surface area contributed by atoms with Crippen LogP contribution in [0.1, 0.15) is 19.4 Å². The molecule has 1 aliphatic heterocycles. The number of allylic oxidation sites excluding steroid dienone is 1. The third-order valence-electron chi connectivity index (χ3n) is 4.93. The Morgan fingerprint density at radius 1 is 1.00 bits per heavy atom. The lowest BCUT2D eigenvalue weighted by atomic mass is 10.0. The Bertz CT molecular complexity index is 1070. The molecule has 0 aromatic heterocycles. The average molecular weight is 423 g/mol. The van der Waals surface area contributed by atoms with Gasteiger partial charge in [0.25, 0.3) is 5.91 Å². The summed E-state index contributed by atoms with van der Waals surface area (Å²) in [5.41, 5.74) is 2.13. The predicted octanol–water partition coefficient (Wildman–Crippen LogP) is 3.98. The second-order valence-electron chi connectivity index (χ2n) is 6.66. The highest BCUT2D eigenvalue weighted by molar-refractivity contribution is 6.24. The molecule has 31 heavy (non-hydrogen) atoms. The summed E-state index contributed by atoms with van der Waals surface area (Å²) < 4.78 is 21.3. The van der Waals surface area contributed by atoms with Crippen LogP contribution in [0, 0.1) is 0 Å². The first-order valence-corrected chi connectivity index (χ1v) is 9.76.